The van der Waals surface area contributed by atoms with E-state index >= 15 is 0 Å². The number of aliphatic imine (C=N–C) groups is 1. The maximum absolute atomic E-state index is 11.8. The molecule has 3 aliphatic rings. The Kier molecular flexibility index (Phi) is 5.93. The van der Waals surface area contributed by atoms with Gasteiger partial charge in [-0.15, -0.1) is 0 Å². The lowest BCUT2D eigenvalue weighted by atomic mass is 9.92. The molecule has 0 saturated heterocycles. The molecule has 5 heterocycles. The van der Waals surface area contributed by atoms with E-state index in [0.29, 0.717) is 36.4 Å². The molecule has 10 nitrogen and oxygen atoms in total. The summed E-state index contributed by atoms with van der Waals surface area (Å²) in [5.74, 6) is 1.17. The zero-order valence-electron chi connectivity index (χ0n) is 20.1. The first-order chi connectivity index (χ1) is 18.1. The number of nitrogens with zero attached hydrogens (tertiary/aromatic N) is 4. The molecular formula is C27H25N5O5. The Bertz CT molecular complexity index is 1400. The second-order valence-corrected chi connectivity index (χ2v) is 8.84. The van der Waals surface area contributed by atoms with Gasteiger partial charge in [0.2, 0.25) is 12.2 Å². The molecule has 0 spiro atoms. The standard InChI is InChI=1S/C27H25N5O5/c1-28-25(33)21-7-5-18(13-30-21)16-4-6-20-17(11-16)8-10-32-22(20)12-24(31-27(32)34)35-14-19-15-36-26-23(37-19)3-2-9-29-26/h2-7,9,11-13,19,27,34H,8,10,14-15H2,1H3,(H,28,33). The fourth-order valence-electron chi connectivity index (χ4n) is 4.61. The molecule has 2 atom stereocenters. The summed E-state index contributed by atoms with van der Waals surface area (Å²) < 4.78 is 17.5. The van der Waals surface area contributed by atoms with Crippen molar-refractivity contribution in [2.75, 3.05) is 26.8 Å². The average Bonchev–Trinajstić information content (AvgIpc) is 2.95. The van der Waals surface area contributed by atoms with Crippen molar-refractivity contribution in [2.45, 2.75) is 18.9 Å². The maximum atomic E-state index is 11.8. The highest BCUT2D eigenvalue weighted by Gasteiger charge is 2.31. The summed E-state index contributed by atoms with van der Waals surface area (Å²) in [6.45, 7) is 1.15. The summed E-state index contributed by atoms with van der Waals surface area (Å²) >= 11 is 0. The monoisotopic (exact) mass is 499 g/mol. The number of pyridine rings is 2. The molecule has 2 unspecified atom stereocenters. The smallest absolute Gasteiger partial charge is 0.269 e. The number of amides is 1. The molecule has 0 fully saturated rings. The van der Waals surface area contributed by atoms with Crippen molar-refractivity contribution in [3.8, 4) is 22.8 Å². The Morgan fingerprint density at radius 1 is 1.22 bits per heavy atom. The van der Waals surface area contributed by atoms with E-state index in [9.17, 15) is 9.90 Å². The van der Waals surface area contributed by atoms with Crippen molar-refractivity contribution < 1.29 is 24.1 Å². The number of hydrogen-bond acceptors (Lipinski definition) is 9. The van der Waals surface area contributed by atoms with Gasteiger partial charge in [0.1, 0.15) is 18.9 Å². The number of benzene rings is 1. The van der Waals surface area contributed by atoms with Crippen molar-refractivity contribution in [1.29, 1.82) is 0 Å². The number of carbonyl (C=O) groups excluding carboxylic acids is 1. The molecule has 3 aliphatic heterocycles. The number of aromatic nitrogens is 2. The Hall–Kier alpha value is -4.44. The molecule has 1 amide bonds. The molecule has 2 aromatic heterocycles. The predicted octanol–water partition coefficient (Wildman–Crippen LogP) is 2.25. The summed E-state index contributed by atoms with van der Waals surface area (Å²) in [4.78, 5) is 26.4. The van der Waals surface area contributed by atoms with Crippen LogP contribution >= 0.6 is 0 Å². The largest absolute Gasteiger partial charge is 0.478 e. The van der Waals surface area contributed by atoms with Gasteiger partial charge in [-0.05, 0) is 35.7 Å². The van der Waals surface area contributed by atoms with E-state index in [-0.39, 0.29) is 18.6 Å². The lowest BCUT2D eigenvalue weighted by Crippen LogP contribution is -2.41. The van der Waals surface area contributed by atoms with Crippen LogP contribution in [0.4, 0.5) is 0 Å². The quantitative estimate of drug-likeness (QED) is 0.561. The van der Waals surface area contributed by atoms with Crippen LogP contribution in [0.15, 0.2) is 65.9 Å². The van der Waals surface area contributed by atoms with Crippen molar-refractivity contribution in [3.05, 3.63) is 77.8 Å². The molecule has 37 heavy (non-hydrogen) atoms. The van der Waals surface area contributed by atoms with E-state index in [4.69, 9.17) is 14.2 Å². The van der Waals surface area contributed by atoms with Gasteiger partial charge < -0.3 is 29.5 Å². The highest BCUT2D eigenvalue weighted by Crippen LogP contribution is 2.35. The highest BCUT2D eigenvalue weighted by atomic mass is 16.6. The molecular weight excluding hydrogens is 474 g/mol. The predicted molar refractivity (Wildman–Crippen MR) is 135 cm³/mol. The van der Waals surface area contributed by atoms with Crippen molar-refractivity contribution in [1.82, 2.24) is 20.2 Å². The van der Waals surface area contributed by atoms with Gasteiger partial charge >= 0.3 is 0 Å². The van der Waals surface area contributed by atoms with Gasteiger partial charge in [-0.3, -0.25) is 9.78 Å². The normalized spacial score (nSPS) is 19.7. The Morgan fingerprint density at radius 2 is 2.11 bits per heavy atom. The molecule has 6 rings (SSSR count). The third-order valence-electron chi connectivity index (χ3n) is 6.50. The summed E-state index contributed by atoms with van der Waals surface area (Å²) in [7, 11) is 1.58. The van der Waals surface area contributed by atoms with Crippen LogP contribution in [0.25, 0.3) is 16.8 Å². The van der Waals surface area contributed by atoms with E-state index in [1.54, 1.807) is 37.6 Å². The van der Waals surface area contributed by atoms with Crippen molar-refractivity contribution in [2.24, 2.45) is 4.99 Å². The minimum atomic E-state index is -1.03. The molecule has 3 aromatic rings. The van der Waals surface area contributed by atoms with Crippen LogP contribution in [0.1, 0.15) is 21.6 Å². The van der Waals surface area contributed by atoms with Crippen molar-refractivity contribution in [3.63, 3.8) is 0 Å². The summed E-state index contributed by atoms with van der Waals surface area (Å²) in [6.07, 6.45) is 4.61. The number of aliphatic hydroxyl groups is 1. The second kappa shape index (κ2) is 9.55. The SMILES string of the molecule is CNC(=O)c1ccc(-c2ccc3c(c2)CCN2C3=CC(OCC3COc4ncccc4O3)=NC2O)cn1. The lowest BCUT2D eigenvalue weighted by Gasteiger charge is -2.37. The van der Waals surface area contributed by atoms with Gasteiger partial charge in [0.25, 0.3) is 11.8 Å². The van der Waals surface area contributed by atoms with Crippen LogP contribution in [0.2, 0.25) is 0 Å². The molecule has 2 N–H and O–H groups in total. The second-order valence-electron chi connectivity index (χ2n) is 8.84. The molecule has 0 radical (unpaired) electrons. The van der Waals surface area contributed by atoms with Crippen LogP contribution in [-0.2, 0) is 11.2 Å². The maximum Gasteiger partial charge on any atom is 0.269 e. The van der Waals surface area contributed by atoms with Crippen LogP contribution in [0, 0.1) is 0 Å². The number of nitrogens with one attached hydrogen (secondary N) is 1. The molecule has 1 aromatic carbocycles. The number of ether oxygens (including phenoxy) is 3. The first-order valence-corrected chi connectivity index (χ1v) is 12.0. The third kappa shape index (κ3) is 4.47. The summed E-state index contributed by atoms with van der Waals surface area (Å²) in [5, 5.41) is 13.3. The first-order valence-electron chi connectivity index (χ1n) is 12.0. The van der Waals surface area contributed by atoms with E-state index in [1.165, 1.54) is 0 Å². The van der Waals surface area contributed by atoms with Gasteiger partial charge in [-0.2, -0.15) is 4.99 Å². The van der Waals surface area contributed by atoms with Crippen LogP contribution in [0.5, 0.6) is 11.6 Å². The van der Waals surface area contributed by atoms with E-state index in [1.807, 2.05) is 29.2 Å². The van der Waals surface area contributed by atoms with E-state index < -0.39 is 6.35 Å². The van der Waals surface area contributed by atoms with Gasteiger partial charge in [-0.1, -0.05) is 24.3 Å². The number of rotatable bonds is 4. The zero-order chi connectivity index (χ0) is 25.4. The minimum absolute atomic E-state index is 0.217. The van der Waals surface area contributed by atoms with Gasteiger partial charge in [-0.25, -0.2) is 4.98 Å². The fraction of sp³-hybridized carbons (Fsp3) is 0.259. The molecule has 188 valence electrons. The lowest BCUT2D eigenvalue weighted by molar-refractivity contribution is 0.0348. The minimum Gasteiger partial charge on any atom is -0.478 e. The summed E-state index contributed by atoms with van der Waals surface area (Å²) in [6, 6.07) is 13.4. The highest BCUT2D eigenvalue weighted by molar-refractivity contribution is 5.97. The number of aliphatic hydroxyl groups excluding tert-OH is 1. The number of fused-ring (bicyclic) bond motifs is 4. The summed E-state index contributed by atoms with van der Waals surface area (Å²) in [5.41, 5.74) is 5.32. The Morgan fingerprint density at radius 3 is 2.95 bits per heavy atom. The Balaban J connectivity index is 1.19. The van der Waals surface area contributed by atoms with Crippen molar-refractivity contribution >= 4 is 17.5 Å². The van der Waals surface area contributed by atoms with Gasteiger partial charge in [0.15, 0.2) is 11.9 Å². The van der Waals surface area contributed by atoms with Crippen LogP contribution < -0.4 is 14.8 Å². The van der Waals surface area contributed by atoms with Gasteiger partial charge in [0.05, 0.1) is 5.70 Å². The van der Waals surface area contributed by atoms with Crippen LogP contribution in [-0.4, -0.2) is 71.0 Å². The molecule has 10 heteroatoms. The van der Waals surface area contributed by atoms with Gasteiger partial charge in [0, 0.05) is 43.2 Å². The molecule has 0 aliphatic carbocycles. The zero-order valence-corrected chi connectivity index (χ0v) is 20.1. The average molecular weight is 500 g/mol. The third-order valence-corrected chi connectivity index (χ3v) is 6.50. The Labute approximate surface area is 213 Å². The fourth-order valence-corrected chi connectivity index (χ4v) is 4.61. The molecule has 0 saturated carbocycles. The van der Waals surface area contributed by atoms with E-state index in [2.05, 4.69) is 26.3 Å². The first kappa shape index (κ1) is 23.0. The van der Waals surface area contributed by atoms with E-state index in [0.717, 1.165) is 34.4 Å². The number of carbonyl (C=O) groups is 1. The molecule has 0 bridgehead atoms. The topological polar surface area (TPSA) is 118 Å². The van der Waals surface area contributed by atoms with Crippen LogP contribution in [0.3, 0.4) is 0 Å². The number of hydrogen-bond donors (Lipinski definition) is 2.